The molecule has 0 bridgehead atoms. The van der Waals surface area contributed by atoms with Crippen LogP contribution in [0.4, 0.5) is 13.2 Å². The Labute approximate surface area is 178 Å². The normalized spacial score (nSPS) is 19.2. The van der Waals surface area contributed by atoms with Crippen LogP contribution in [-0.4, -0.2) is 53.4 Å². The predicted octanol–water partition coefficient (Wildman–Crippen LogP) is 4.38. The molecule has 0 saturated carbocycles. The molecule has 1 heterocycles. The van der Waals surface area contributed by atoms with Crippen LogP contribution in [-0.2, 0) is 4.79 Å². The molecule has 1 aliphatic rings. The van der Waals surface area contributed by atoms with Gasteiger partial charge in [0.05, 0.1) is 18.2 Å². The van der Waals surface area contributed by atoms with E-state index in [0.29, 0.717) is 5.75 Å². The third-order valence-corrected chi connectivity index (χ3v) is 5.43. The second kappa shape index (κ2) is 9.51. The lowest BCUT2D eigenvalue weighted by Crippen LogP contribution is -2.39. The number of benzene rings is 2. The van der Waals surface area contributed by atoms with E-state index >= 15 is 0 Å². The van der Waals surface area contributed by atoms with Crippen LogP contribution in [0.5, 0.6) is 5.75 Å². The van der Waals surface area contributed by atoms with Crippen molar-refractivity contribution in [1.29, 1.82) is 0 Å². The van der Waals surface area contributed by atoms with Crippen LogP contribution in [0.1, 0.15) is 41.6 Å². The Hall–Kier alpha value is -2.87. The molecule has 31 heavy (non-hydrogen) atoms. The van der Waals surface area contributed by atoms with Gasteiger partial charge in [-0.1, -0.05) is 19.1 Å². The van der Waals surface area contributed by atoms with E-state index in [-0.39, 0.29) is 36.8 Å². The zero-order valence-corrected chi connectivity index (χ0v) is 17.1. The Morgan fingerprint density at radius 2 is 1.81 bits per heavy atom. The summed E-state index contributed by atoms with van der Waals surface area (Å²) in [5.41, 5.74) is 0.916. The number of aromatic carboxylic acids is 1. The first-order valence-corrected chi connectivity index (χ1v) is 10.0. The molecule has 2 aromatic carbocycles. The molecule has 166 valence electrons. The van der Waals surface area contributed by atoms with Gasteiger partial charge in [0, 0.05) is 19.4 Å². The molecule has 2 atom stereocenters. The number of carbonyl (C=O) groups is 2. The minimum atomic E-state index is -2.96. The highest BCUT2D eigenvalue weighted by molar-refractivity contribution is 5.87. The van der Waals surface area contributed by atoms with Crippen molar-refractivity contribution in [2.75, 3.05) is 19.7 Å². The summed E-state index contributed by atoms with van der Waals surface area (Å²) < 4.78 is 46.5. The molecule has 0 amide bonds. The molecule has 0 radical (unpaired) electrons. The second-order valence-corrected chi connectivity index (χ2v) is 7.85. The summed E-state index contributed by atoms with van der Waals surface area (Å²) in [7, 11) is 0. The number of halogens is 3. The van der Waals surface area contributed by atoms with E-state index in [0.717, 1.165) is 5.56 Å². The van der Waals surface area contributed by atoms with E-state index in [4.69, 9.17) is 9.84 Å². The van der Waals surface area contributed by atoms with Gasteiger partial charge in [-0.25, -0.2) is 18.0 Å². The molecule has 0 aromatic heterocycles. The Morgan fingerprint density at radius 1 is 1.16 bits per heavy atom. The molecule has 2 aromatic rings. The fourth-order valence-corrected chi connectivity index (χ4v) is 3.76. The average molecular weight is 435 g/mol. The van der Waals surface area contributed by atoms with Crippen LogP contribution in [0.2, 0.25) is 0 Å². The maximum atomic E-state index is 14.0. The van der Waals surface area contributed by atoms with E-state index in [1.54, 1.807) is 12.1 Å². The van der Waals surface area contributed by atoms with Gasteiger partial charge < -0.3 is 9.84 Å². The third-order valence-electron chi connectivity index (χ3n) is 5.43. The zero-order valence-electron chi connectivity index (χ0n) is 17.1. The molecule has 1 aliphatic heterocycles. The highest BCUT2D eigenvalue weighted by atomic mass is 19.3. The first-order chi connectivity index (χ1) is 14.6. The van der Waals surface area contributed by atoms with Crippen LogP contribution in [0.15, 0.2) is 48.5 Å². The van der Waals surface area contributed by atoms with Crippen LogP contribution >= 0.6 is 0 Å². The van der Waals surface area contributed by atoms with Gasteiger partial charge in [0.25, 0.3) is 5.92 Å². The maximum Gasteiger partial charge on any atom is 0.335 e. The van der Waals surface area contributed by atoms with Gasteiger partial charge in [0.15, 0.2) is 5.78 Å². The van der Waals surface area contributed by atoms with Crippen molar-refractivity contribution in [1.82, 2.24) is 4.90 Å². The number of carboxylic acid groups (broad SMARTS) is 1. The van der Waals surface area contributed by atoms with Gasteiger partial charge in [0.2, 0.25) is 0 Å². The molecule has 1 saturated heterocycles. The number of rotatable bonds is 9. The van der Waals surface area contributed by atoms with Crippen molar-refractivity contribution in [3.8, 4) is 5.75 Å². The number of ketones is 1. The quantitative estimate of drug-likeness (QED) is 0.634. The number of hydrogen-bond donors (Lipinski definition) is 1. The number of alkyl halides is 2. The molecule has 1 fully saturated rings. The van der Waals surface area contributed by atoms with Crippen molar-refractivity contribution < 1.29 is 32.6 Å². The SMILES string of the molecule is C[C@H](CC(=O)[C@H]1CC(F)(F)CN1CCOc1ccc(F)cc1)c1ccc(C(=O)O)cc1. The summed E-state index contributed by atoms with van der Waals surface area (Å²) >= 11 is 0. The lowest BCUT2D eigenvalue weighted by molar-refractivity contribution is -0.124. The molecule has 1 N–H and O–H groups in total. The molecular weight excluding hydrogens is 411 g/mol. The molecule has 5 nitrogen and oxygen atoms in total. The van der Waals surface area contributed by atoms with Crippen LogP contribution < -0.4 is 4.74 Å². The highest BCUT2D eigenvalue weighted by Gasteiger charge is 2.47. The predicted molar refractivity (Wildman–Crippen MR) is 108 cm³/mol. The topological polar surface area (TPSA) is 66.8 Å². The molecule has 0 unspecified atom stereocenters. The largest absolute Gasteiger partial charge is 0.492 e. The summed E-state index contributed by atoms with van der Waals surface area (Å²) in [5.74, 6) is -4.49. The van der Waals surface area contributed by atoms with E-state index < -0.39 is 36.7 Å². The number of carboxylic acids is 1. The first kappa shape index (κ1) is 22.8. The number of nitrogens with zero attached hydrogens (tertiary/aromatic N) is 1. The van der Waals surface area contributed by atoms with Crippen molar-refractivity contribution in [2.24, 2.45) is 0 Å². The first-order valence-electron chi connectivity index (χ1n) is 10.0. The summed E-state index contributed by atoms with van der Waals surface area (Å²) in [6, 6.07) is 10.7. The Kier molecular flexibility index (Phi) is 7.00. The fraction of sp³-hybridized carbons (Fsp3) is 0.391. The summed E-state index contributed by atoms with van der Waals surface area (Å²) in [5, 5.41) is 8.98. The van der Waals surface area contributed by atoms with E-state index in [9.17, 15) is 22.8 Å². The van der Waals surface area contributed by atoms with Crippen molar-refractivity contribution in [2.45, 2.75) is 37.6 Å². The van der Waals surface area contributed by atoms with E-state index in [1.165, 1.54) is 41.3 Å². The van der Waals surface area contributed by atoms with Gasteiger partial charge in [-0.3, -0.25) is 9.69 Å². The van der Waals surface area contributed by atoms with Crippen LogP contribution in [0.3, 0.4) is 0 Å². The number of Topliss-reactive ketones (excluding diaryl/α,β-unsaturated/α-hetero) is 1. The minimum absolute atomic E-state index is 0.0719. The number of carbonyl (C=O) groups excluding carboxylic acids is 1. The lowest BCUT2D eigenvalue weighted by atomic mass is 9.92. The van der Waals surface area contributed by atoms with Crippen molar-refractivity contribution in [3.05, 3.63) is 65.5 Å². The second-order valence-electron chi connectivity index (χ2n) is 7.85. The smallest absolute Gasteiger partial charge is 0.335 e. The maximum absolute atomic E-state index is 14.0. The minimum Gasteiger partial charge on any atom is -0.492 e. The number of ether oxygens (including phenoxy) is 1. The lowest BCUT2D eigenvalue weighted by Gasteiger charge is -2.24. The standard InChI is InChI=1S/C23H24F3NO4/c1-15(16-2-4-17(5-3-16)22(29)30)12-21(28)20-13-23(25,26)14-27(20)10-11-31-19-8-6-18(24)7-9-19/h2-9,15,20H,10-14H2,1H3,(H,29,30)/t15-,20-/m1/s1. The number of hydrogen-bond acceptors (Lipinski definition) is 4. The van der Waals surface area contributed by atoms with E-state index in [1.807, 2.05) is 6.92 Å². The van der Waals surface area contributed by atoms with Gasteiger partial charge >= 0.3 is 5.97 Å². The Balaban J connectivity index is 1.59. The van der Waals surface area contributed by atoms with Crippen molar-refractivity contribution >= 4 is 11.8 Å². The van der Waals surface area contributed by atoms with Gasteiger partial charge in [0.1, 0.15) is 18.2 Å². The van der Waals surface area contributed by atoms with Crippen LogP contribution in [0, 0.1) is 5.82 Å². The summed E-state index contributed by atoms with van der Waals surface area (Å²) in [6.07, 6.45) is -0.463. The summed E-state index contributed by atoms with van der Waals surface area (Å²) in [4.78, 5) is 25.2. The zero-order chi connectivity index (χ0) is 22.6. The van der Waals surface area contributed by atoms with Crippen molar-refractivity contribution in [3.63, 3.8) is 0 Å². The highest BCUT2D eigenvalue weighted by Crippen LogP contribution is 2.34. The van der Waals surface area contributed by atoms with Crippen LogP contribution in [0.25, 0.3) is 0 Å². The molecule has 3 rings (SSSR count). The fourth-order valence-electron chi connectivity index (χ4n) is 3.76. The average Bonchev–Trinajstić information content (AvgIpc) is 3.04. The van der Waals surface area contributed by atoms with Gasteiger partial charge in [-0.05, 0) is 47.9 Å². The third kappa shape index (κ3) is 6.07. The number of likely N-dealkylation sites (tertiary alicyclic amines) is 1. The molecule has 0 spiro atoms. The Bertz CT molecular complexity index is 915. The molecule has 0 aliphatic carbocycles. The molecule has 8 heteroatoms. The monoisotopic (exact) mass is 435 g/mol. The molecular formula is C23H24F3NO4. The Morgan fingerprint density at radius 3 is 2.42 bits per heavy atom. The van der Waals surface area contributed by atoms with Gasteiger partial charge in [-0.15, -0.1) is 0 Å². The van der Waals surface area contributed by atoms with E-state index in [2.05, 4.69) is 0 Å². The van der Waals surface area contributed by atoms with Gasteiger partial charge in [-0.2, -0.15) is 0 Å². The summed E-state index contributed by atoms with van der Waals surface area (Å²) in [6.45, 7) is 1.53.